The van der Waals surface area contributed by atoms with Crippen LogP contribution in [0.15, 0.2) is 22.7 Å². The first-order chi connectivity index (χ1) is 7.06. The number of hydrogen-bond donors (Lipinski definition) is 0. The number of alkyl halides is 2. The first-order valence-corrected chi connectivity index (χ1v) is 5.45. The smallest absolute Gasteiger partial charge is 0.228 e. The Morgan fingerprint density at radius 3 is 2.80 bits per heavy atom. The zero-order valence-corrected chi connectivity index (χ0v) is 10.3. The van der Waals surface area contributed by atoms with Gasteiger partial charge in [-0.1, -0.05) is 0 Å². The van der Waals surface area contributed by atoms with E-state index in [1.54, 1.807) is 19.1 Å². The van der Waals surface area contributed by atoms with Gasteiger partial charge in [0.05, 0.1) is 9.85 Å². The third kappa shape index (κ3) is 3.18. The maximum absolute atomic E-state index is 11.9. The van der Waals surface area contributed by atoms with Gasteiger partial charge in [0.25, 0.3) is 0 Å². The van der Waals surface area contributed by atoms with Gasteiger partial charge in [-0.15, -0.1) is 11.6 Å². The van der Waals surface area contributed by atoms with Crippen LogP contribution in [-0.2, 0) is 0 Å². The van der Waals surface area contributed by atoms with Gasteiger partial charge >= 0.3 is 0 Å². The zero-order valence-electron chi connectivity index (χ0n) is 7.97. The molecule has 0 aliphatic carbocycles. The van der Waals surface area contributed by atoms with Crippen LogP contribution in [0.4, 0.5) is 4.39 Å². The summed E-state index contributed by atoms with van der Waals surface area (Å²) in [7, 11) is 0. The van der Waals surface area contributed by atoms with Crippen molar-refractivity contribution < 1.29 is 13.9 Å². The van der Waals surface area contributed by atoms with Crippen molar-refractivity contribution in [2.75, 3.05) is 6.86 Å². The molecule has 1 aromatic rings. The van der Waals surface area contributed by atoms with Gasteiger partial charge in [-0.2, -0.15) is 0 Å². The Morgan fingerprint density at radius 2 is 2.33 bits per heavy atom. The second-order valence-corrected chi connectivity index (χ2v) is 4.39. The van der Waals surface area contributed by atoms with E-state index in [1.807, 2.05) is 0 Å². The third-order valence-corrected chi connectivity index (χ3v) is 2.61. The van der Waals surface area contributed by atoms with Crippen LogP contribution in [0.5, 0.6) is 5.75 Å². The Balaban J connectivity index is 2.96. The van der Waals surface area contributed by atoms with Crippen molar-refractivity contribution in [2.24, 2.45) is 0 Å². The van der Waals surface area contributed by atoms with Crippen molar-refractivity contribution in [3.8, 4) is 5.75 Å². The monoisotopic (exact) mass is 294 g/mol. The Labute approximate surface area is 101 Å². The van der Waals surface area contributed by atoms with Crippen LogP contribution in [0, 0.1) is 0 Å². The summed E-state index contributed by atoms with van der Waals surface area (Å²) >= 11 is 8.84. The number of ketones is 1. The number of ether oxygens (including phenoxy) is 1. The number of benzene rings is 1. The maximum Gasteiger partial charge on any atom is 0.228 e. The van der Waals surface area contributed by atoms with Crippen LogP contribution in [-0.4, -0.2) is 18.0 Å². The Kier molecular flexibility index (Phi) is 4.54. The molecule has 0 saturated heterocycles. The van der Waals surface area contributed by atoms with E-state index in [0.717, 1.165) is 0 Å². The van der Waals surface area contributed by atoms with Crippen LogP contribution in [0.2, 0.25) is 0 Å². The highest BCUT2D eigenvalue weighted by molar-refractivity contribution is 9.10. The van der Waals surface area contributed by atoms with Crippen molar-refractivity contribution >= 4 is 33.3 Å². The van der Waals surface area contributed by atoms with E-state index in [2.05, 4.69) is 20.7 Å². The van der Waals surface area contributed by atoms with E-state index in [-0.39, 0.29) is 5.78 Å². The van der Waals surface area contributed by atoms with Crippen molar-refractivity contribution in [3.05, 3.63) is 28.2 Å². The molecule has 0 bridgehead atoms. The summed E-state index contributed by atoms with van der Waals surface area (Å²) < 4.78 is 17.1. The van der Waals surface area contributed by atoms with E-state index in [0.29, 0.717) is 15.8 Å². The summed E-state index contributed by atoms with van der Waals surface area (Å²) in [5.74, 6) is 0.181. The third-order valence-electron chi connectivity index (χ3n) is 1.79. The summed E-state index contributed by atoms with van der Waals surface area (Å²) in [5, 5.41) is -0.579. The SMILES string of the molecule is CC(Cl)C(=O)c1ccc(OCF)c(Br)c1. The first kappa shape index (κ1) is 12.5. The highest BCUT2D eigenvalue weighted by atomic mass is 79.9. The highest BCUT2D eigenvalue weighted by Crippen LogP contribution is 2.26. The lowest BCUT2D eigenvalue weighted by molar-refractivity contribution is 0.0991. The molecule has 0 N–H and O–H groups in total. The van der Waals surface area contributed by atoms with E-state index in [4.69, 9.17) is 11.6 Å². The molecule has 0 radical (unpaired) electrons. The molecule has 15 heavy (non-hydrogen) atoms. The highest BCUT2D eigenvalue weighted by Gasteiger charge is 2.13. The fourth-order valence-electron chi connectivity index (χ4n) is 1.06. The van der Waals surface area contributed by atoms with Crippen LogP contribution < -0.4 is 4.74 Å². The molecule has 1 unspecified atom stereocenters. The molecule has 5 heteroatoms. The van der Waals surface area contributed by atoms with Crippen LogP contribution in [0.3, 0.4) is 0 Å². The van der Waals surface area contributed by atoms with Gasteiger partial charge in [-0.25, -0.2) is 4.39 Å². The quantitative estimate of drug-likeness (QED) is 0.627. The summed E-state index contributed by atoms with van der Waals surface area (Å²) in [4.78, 5) is 11.5. The van der Waals surface area contributed by atoms with Crippen molar-refractivity contribution in [3.63, 3.8) is 0 Å². The van der Waals surface area contributed by atoms with Crippen molar-refractivity contribution in [2.45, 2.75) is 12.3 Å². The molecule has 0 fully saturated rings. The zero-order chi connectivity index (χ0) is 11.4. The molecule has 0 aliphatic rings. The van der Waals surface area contributed by atoms with Crippen LogP contribution >= 0.6 is 27.5 Å². The average molecular weight is 296 g/mol. The fraction of sp³-hybridized carbons (Fsp3) is 0.300. The standard InChI is InChI=1S/C10H9BrClFO2/c1-6(12)10(14)7-2-3-9(15-5-13)8(11)4-7/h2-4,6H,5H2,1H3. The number of rotatable bonds is 4. The lowest BCUT2D eigenvalue weighted by Gasteiger charge is -2.07. The topological polar surface area (TPSA) is 26.3 Å². The molecule has 0 saturated carbocycles. The van der Waals surface area contributed by atoms with Gasteiger partial charge in [-0.3, -0.25) is 4.79 Å². The molecular weight excluding hydrogens is 286 g/mol. The van der Waals surface area contributed by atoms with Crippen molar-refractivity contribution in [1.82, 2.24) is 0 Å². The van der Waals surface area contributed by atoms with E-state index >= 15 is 0 Å². The largest absolute Gasteiger partial charge is 0.462 e. The summed E-state index contributed by atoms with van der Waals surface area (Å²) in [5.41, 5.74) is 0.468. The molecule has 0 aromatic heterocycles. The normalized spacial score (nSPS) is 12.3. The molecule has 0 heterocycles. The van der Waals surface area contributed by atoms with Gasteiger partial charge in [0.2, 0.25) is 6.86 Å². The summed E-state index contributed by atoms with van der Waals surface area (Å²) in [6, 6.07) is 4.64. The van der Waals surface area contributed by atoms with E-state index in [9.17, 15) is 9.18 Å². The van der Waals surface area contributed by atoms with Gasteiger partial charge in [0.1, 0.15) is 5.75 Å². The van der Waals surface area contributed by atoms with E-state index in [1.165, 1.54) is 6.07 Å². The number of Topliss-reactive ketones (excluding diaryl/α,β-unsaturated/α-hetero) is 1. The predicted octanol–water partition coefficient (Wildman–Crippen LogP) is 3.56. The maximum atomic E-state index is 11.9. The van der Waals surface area contributed by atoms with Crippen molar-refractivity contribution in [1.29, 1.82) is 0 Å². The average Bonchev–Trinajstić information content (AvgIpc) is 2.20. The molecule has 0 aliphatic heterocycles. The minimum atomic E-state index is -0.905. The van der Waals surface area contributed by atoms with Gasteiger partial charge in [0.15, 0.2) is 5.78 Å². The number of halogens is 3. The molecule has 82 valence electrons. The first-order valence-electron chi connectivity index (χ1n) is 4.23. The molecule has 1 atom stereocenters. The molecule has 0 spiro atoms. The summed E-state index contributed by atoms with van der Waals surface area (Å²) in [6.45, 7) is 0.696. The molecule has 2 nitrogen and oxygen atoms in total. The second kappa shape index (κ2) is 5.47. The number of carbonyl (C=O) groups is 1. The molecule has 0 amide bonds. The minimum absolute atomic E-state index is 0.177. The molecule has 1 rings (SSSR count). The minimum Gasteiger partial charge on any atom is -0.462 e. The van der Waals surface area contributed by atoms with Gasteiger partial charge in [0, 0.05) is 5.56 Å². The molecule has 1 aromatic carbocycles. The lowest BCUT2D eigenvalue weighted by Crippen LogP contribution is -2.10. The Morgan fingerprint density at radius 1 is 1.67 bits per heavy atom. The fourth-order valence-corrected chi connectivity index (χ4v) is 1.68. The van der Waals surface area contributed by atoms with Crippen LogP contribution in [0.25, 0.3) is 0 Å². The Hall–Kier alpha value is -0.610. The van der Waals surface area contributed by atoms with Gasteiger partial charge < -0.3 is 4.74 Å². The molecular formula is C10H9BrClFO2. The summed E-state index contributed by atoms with van der Waals surface area (Å²) in [6.07, 6.45) is 0. The Bertz CT molecular complexity index is 368. The van der Waals surface area contributed by atoms with Crippen LogP contribution in [0.1, 0.15) is 17.3 Å². The predicted molar refractivity (Wildman–Crippen MR) is 60.4 cm³/mol. The number of carbonyl (C=O) groups excluding carboxylic acids is 1. The second-order valence-electron chi connectivity index (χ2n) is 2.88. The number of hydrogen-bond acceptors (Lipinski definition) is 2. The van der Waals surface area contributed by atoms with Gasteiger partial charge in [-0.05, 0) is 41.1 Å². The lowest BCUT2D eigenvalue weighted by atomic mass is 10.1. The van der Waals surface area contributed by atoms with E-state index < -0.39 is 12.2 Å².